The number of halogens is 2. The van der Waals surface area contributed by atoms with E-state index in [0.717, 1.165) is 34.3 Å². The first-order chi connectivity index (χ1) is 16.8. The Morgan fingerprint density at radius 3 is 2.54 bits per heavy atom. The van der Waals surface area contributed by atoms with Gasteiger partial charge in [-0.1, -0.05) is 38.1 Å². The minimum Gasteiger partial charge on any atom is -0.375 e. The minimum absolute atomic E-state index is 0.0459. The summed E-state index contributed by atoms with van der Waals surface area (Å²) in [5, 5.41) is 0. The van der Waals surface area contributed by atoms with E-state index < -0.39 is 10.5 Å². The molecule has 2 aromatic carbocycles. The molecule has 188 valence electrons. The van der Waals surface area contributed by atoms with Crippen LogP contribution in [0.3, 0.4) is 0 Å². The van der Waals surface area contributed by atoms with Gasteiger partial charge >= 0.3 is 0 Å². The molecule has 2 aromatic rings. The van der Waals surface area contributed by atoms with Crippen molar-refractivity contribution < 1.29 is 23.1 Å². The lowest BCUT2D eigenvalue weighted by molar-refractivity contribution is -0.171. The van der Waals surface area contributed by atoms with Crippen LogP contribution >= 0.6 is 11.9 Å². The van der Waals surface area contributed by atoms with Gasteiger partial charge in [0.2, 0.25) is 5.91 Å². The molecule has 1 saturated heterocycles. The zero-order valence-electron chi connectivity index (χ0n) is 20.7. The van der Waals surface area contributed by atoms with E-state index >= 15 is 0 Å². The molecule has 1 amide bonds. The van der Waals surface area contributed by atoms with Gasteiger partial charge in [-0.05, 0) is 53.3 Å². The van der Waals surface area contributed by atoms with Crippen molar-refractivity contribution in [2.45, 2.75) is 51.2 Å². The predicted molar refractivity (Wildman–Crippen MR) is 133 cm³/mol. The topological polar surface area (TPSA) is 63.2 Å². The second-order valence-electron chi connectivity index (χ2n) is 8.99. The Morgan fingerprint density at radius 2 is 1.91 bits per heavy atom. The highest BCUT2D eigenvalue weighted by atomic mass is 32.2. The van der Waals surface area contributed by atoms with Gasteiger partial charge in [0.25, 0.3) is 0 Å². The van der Waals surface area contributed by atoms with Crippen molar-refractivity contribution in [2.24, 2.45) is 4.40 Å². The smallest absolute Gasteiger partial charge is 0.248 e. The molecule has 1 spiro atoms. The van der Waals surface area contributed by atoms with Crippen molar-refractivity contribution in [3.8, 4) is 0 Å². The van der Waals surface area contributed by atoms with Crippen LogP contribution in [0, 0.1) is 19.7 Å². The van der Waals surface area contributed by atoms with Gasteiger partial charge in [-0.25, -0.2) is 8.79 Å². The number of hydrogen-bond acceptors (Lipinski definition) is 6. The lowest BCUT2D eigenvalue weighted by Gasteiger charge is -2.47. The van der Waals surface area contributed by atoms with Gasteiger partial charge in [-0.2, -0.15) is 0 Å². The molecule has 9 heteroatoms. The Balaban J connectivity index is 0.00000141. The van der Waals surface area contributed by atoms with E-state index in [9.17, 15) is 13.7 Å². The number of carbonyl (C=O) groups is 1. The highest BCUT2D eigenvalue weighted by Crippen LogP contribution is 2.47. The van der Waals surface area contributed by atoms with Gasteiger partial charge in [0.1, 0.15) is 22.9 Å². The van der Waals surface area contributed by atoms with E-state index in [1.165, 1.54) is 7.11 Å². The molecule has 1 N–H and O–H groups in total. The zero-order chi connectivity index (χ0) is 25.4. The number of aryl methyl sites for hydroxylation is 2. The number of methoxy groups -OCH3 is 1. The maximum atomic E-state index is 14.1. The number of hydrogen-bond donors (Lipinski definition) is 1. The maximum Gasteiger partial charge on any atom is 0.248 e. The molecule has 3 aliphatic rings. The summed E-state index contributed by atoms with van der Waals surface area (Å²) in [7, 11) is 1.51. The number of benzene rings is 2. The standard InChI is InChI=1S/C24H25F2N3O3S.C2H6/c1-14-6-18(7-15(2)22(14)25)24(28-26)9-20(27-33-24)16-4-5-19-17(8-16)10-32-23(19)12-29(13-23)21(30)11-31-3;1-2/h4-8,28H,9-13H2,1-3H3;1-2H3. The zero-order valence-corrected chi connectivity index (χ0v) is 21.5. The first-order valence-corrected chi connectivity index (χ1v) is 12.5. The van der Waals surface area contributed by atoms with Crippen molar-refractivity contribution in [1.82, 2.24) is 10.4 Å². The van der Waals surface area contributed by atoms with Gasteiger partial charge < -0.3 is 14.4 Å². The summed E-state index contributed by atoms with van der Waals surface area (Å²) in [6.45, 7) is 8.91. The normalized spacial score (nSPS) is 21.8. The third kappa shape index (κ3) is 4.39. The summed E-state index contributed by atoms with van der Waals surface area (Å²) in [5.74, 6) is -0.321. The van der Waals surface area contributed by atoms with E-state index in [4.69, 9.17) is 9.47 Å². The van der Waals surface area contributed by atoms with Crippen LogP contribution in [0.5, 0.6) is 0 Å². The van der Waals surface area contributed by atoms with Crippen LogP contribution in [0.2, 0.25) is 0 Å². The number of nitrogens with one attached hydrogen (secondary N) is 1. The van der Waals surface area contributed by atoms with Crippen LogP contribution in [0.1, 0.15) is 53.6 Å². The van der Waals surface area contributed by atoms with Crippen molar-refractivity contribution in [1.29, 1.82) is 0 Å². The fraction of sp³-hybridized carbons (Fsp3) is 0.462. The predicted octanol–water partition coefficient (Wildman–Crippen LogP) is 4.85. The van der Waals surface area contributed by atoms with Crippen LogP contribution < -0.4 is 5.54 Å². The highest BCUT2D eigenvalue weighted by Gasteiger charge is 2.51. The second kappa shape index (κ2) is 9.97. The Labute approximate surface area is 209 Å². The third-order valence-electron chi connectivity index (χ3n) is 6.73. The molecule has 3 heterocycles. The summed E-state index contributed by atoms with van der Waals surface area (Å²) >= 11 is 1.12. The average molecular weight is 504 g/mol. The molecule has 0 aromatic heterocycles. The summed E-state index contributed by atoms with van der Waals surface area (Å²) in [5.41, 5.74) is 6.89. The van der Waals surface area contributed by atoms with Crippen LogP contribution in [-0.2, 0) is 31.3 Å². The molecule has 3 aliphatic heterocycles. The van der Waals surface area contributed by atoms with Crippen LogP contribution in [-0.4, -0.2) is 43.3 Å². The fourth-order valence-electron chi connectivity index (χ4n) is 4.88. The SMILES string of the molecule is CC.COCC(=O)N1CC2(C1)OCc1cc(C3=NSC(NF)(c4cc(C)c(F)c(C)c4)C3)ccc12. The van der Waals surface area contributed by atoms with Crippen LogP contribution in [0.25, 0.3) is 0 Å². The third-order valence-corrected chi connectivity index (χ3v) is 7.81. The van der Waals surface area contributed by atoms with Crippen LogP contribution in [0.4, 0.5) is 8.87 Å². The molecule has 5 rings (SSSR count). The van der Waals surface area contributed by atoms with Gasteiger partial charge in [0, 0.05) is 25.5 Å². The monoisotopic (exact) mass is 503 g/mol. The quantitative estimate of drug-likeness (QED) is 0.467. The molecule has 1 atom stereocenters. The van der Waals surface area contributed by atoms with Crippen molar-refractivity contribution >= 4 is 23.6 Å². The van der Waals surface area contributed by atoms with Gasteiger partial charge in [-0.3, -0.25) is 4.79 Å². The minimum atomic E-state index is -1.09. The number of rotatable bonds is 5. The summed E-state index contributed by atoms with van der Waals surface area (Å²) in [6, 6.07) is 9.39. The van der Waals surface area contributed by atoms with Gasteiger partial charge in [0.15, 0.2) is 0 Å². The van der Waals surface area contributed by atoms with E-state index in [2.05, 4.69) is 4.40 Å². The Morgan fingerprint density at radius 1 is 1.23 bits per heavy atom. The van der Waals surface area contributed by atoms with E-state index in [0.29, 0.717) is 42.8 Å². The summed E-state index contributed by atoms with van der Waals surface area (Å²) < 4.78 is 43.8. The second-order valence-corrected chi connectivity index (χ2v) is 10.1. The Bertz CT molecular complexity index is 1140. The average Bonchev–Trinajstić information content (AvgIpc) is 3.45. The van der Waals surface area contributed by atoms with Gasteiger partial charge in [0.05, 0.1) is 25.4 Å². The molecule has 1 unspecified atom stereocenters. The first-order valence-electron chi connectivity index (χ1n) is 11.8. The number of amides is 1. The lowest BCUT2D eigenvalue weighted by atomic mass is 9.84. The van der Waals surface area contributed by atoms with Crippen LogP contribution in [0.15, 0.2) is 34.7 Å². The first kappa shape index (κ1) is 25.8. The molecule has 0 radical (unpaired) electrons. The molecule has 1 fully saturated rings. The van der Waals surface area contributed by atoms with Crippen molar-refractivity contribution in [2.75, 3.05) is 26.8 Å². The van der Waals surface area contributed by atoms with Gasteiger partial charge in [-0.15, -0.1) is 10.0 Å². The fourth-order valence-corrected chi connectivity index (χ4v) is 5.78. The molecular weight excluding hydrogens is 472 g/mol. The molecule has 0 saturated carbocycles. The number of ether oxygens (including phenoxy) is 2. The molecule has 0 aliphatic carbocycles. The van der Waals surface area contributed by atoms with Crippen molar-refractivity contribution in [3.05, 3.63) is 69.5 Å². The molecule has 6 nitrogen and oxygen atoms in total. The Hall–Kier alpha value is -2.33. The summed E-state index contributed by atoms with van der Waals surface area (Å²) in [4.78, 5) is 12.7. The number of likely N-dealkylation sites (tertiary alicyclic amines) is 1. The number of nitrogens with zero attached hydrogens (tertiary/aromatic N) is 2. The van der Waals surface area contributed by atoms with E-state index in [1.54, 1.807) is 30.9 Å². The highest BCUT2D eigenvalue weighted by molar-refractivity contribution is 7.99. The Kier molecular flexibility index (Phi) is 7.33. The maximum absolute atomic E-state index is 14.1. The van der Waals surface area contributed by atoms with Crippen molar-refractivity contribution in [3.63, 3.8) is 0 Å². The van der Waals surface area contributed by atoms with E-state index in [1.807, 2.05) is 37.6 Å². The molecule has 0 bridgehead atoms. The molecular formula is C26H31F2N3O3S. The summed E-state index contributed by atoms with van der Waals surface area (Å²) in [6.07, 6.45) is 0.322. The van der Waals surface area contributed by atoms with E-state index in [-0.39, 0.29) is 18.3 Å². The largest absolute Gasteiger partial charge is 0.375 e. The molecule has 35 heavy (non-hydrogen) atoms. The lowest BCUT2D eigenvalue weighted by Crippen LogP contribution is -2.61. The number of fused-ring (bicyclic) bond motifs is 2. The number of carbonyl (C=O) groups excluding carboxylic acids is 1.